The van der Waals surface area contributed by atoms with Gasteiger partial charge < -0.3 is 15.1 Å². The fourth-order valence-electron chi connectivity index (χ4n) is 3.43. The van der Waals surface area contributed by atoms with Crippen molar-refractivity contribution < 1.29 is 14.6 Å². The van der Waals surface area contributed by atoms with E-state index in [0.717, 1.165) is 11.3 Å². The summed E-state index contributed by atoms with van der Waals surface area (Å²) in [5.74, 6) is -0.224. The second kappa shape index (κ2) is 9.25. The van der Waals surface area contributed by atoms with Crippen LogP contribution >= 0.6 is 35.2 Å². The van der Waals surface area contributed by atoms with Crippen molar-refractivity contribution in [1.29, 1.82) is 0 Å². The lowest BCUT2D eigenvalue weighted by Gasteiger charge is -2.36. The summed E-state index contributed by atoms with van der Waals surface area (Å²) >= 11 is 13.0. The minimum absolute atomic E-state index is 0.00639. The van der Waals surface area contributed by atoms with Crippen LogP contribution < -0.4 is 5.32 Å². The monoisotopic (exact) mass is 505 g/mol. The van der Waals surface area contributed by atoms with Crippen molar-refractivity contribution >= 4 is 73.3 Å². The number of anilines is 1. The zero-order valence-electron chi connectivity index (χ0n) is 16.9. The molecule has 10 nitrogen and oxygen atoms in total. The summed E-state index contributed by atoms with van der Waals surface area (Å²) in [6, 6.07) is 10.3. The highest BCUT2D eigenvalue weighted by Gasteiger charge is 2.27. The summed E-state index contributed by atoms with van der Waals surface area (Å²) in [5, 5.41) is 26.2. The third-order valence-electron chi connectivity index (χ3n) is 5.20. The molecule has 1 saturated heterocycles. The highest BCUT2D eigenvalue weighted by atomic mass is 35.5. The van der Waals surface area contributed by atoms with E-state index in [1.165, 1.54) is 24.3 Å². The zero-order valence-corrected chi connectivity index (χ0v) is 19.3. The highest BCUT2D eigenvalue weighted by molar-refractivity contribution is 7.80. The van der Waals surface area contributed by atoms with Gasteiger partial charge in [-0.2, -0.15) is 0 Å². The Morgan fingerprint density at radius 2 is 1.55 bits per heavy atom. The van der Waals surface area contributed by atoms with Gasteiger partial charge in [0, 0.05) is 66.2 Å². The minimum Gasteiger partial charge on any atom is -0.345 e. The highest BCUT2D eigenvalue weighted by Crippen LogP contribution is 2.38. The van der Waals surface area contributed by atoms with E-state index in [-0.39, 0.29) is 17.3 Å². The van der Waals surface area contributed by atoms with Gasteiger partial charge in [-0.15, -0.1) is 11.3 Å². The molecule has 1 aliphatic heterocycles. The number of thiophene rings is 1. The van der Waals surface area contributed by atoms with E-state index >= 15 is 0 Å². The number of non-ortho nitro benzene ring substituents is 2. The van der Waals surface area contributed by atoms with Gasteiger partial charge in [-0.25, -0.2) is 0 Å². The second-order valence-electron chi connectivity index (χ2n) is 7.20. The van der Waals surface area contributed by atoms with Gasteiger partial charge in [-0.1, -0.05) is 11.6 Å². The first-order valence-electron chi connectivity index (χ1n) is 9.70. The molecule has 2 aromatic carbocycles. The van der Waals surface area contributed by atoms with Gasteiger partial charge >= 0.3 is 0 Å². The number of nitro groups is 2. The predicted molar refractivity (Wildman–Crippen MR) is 130 cm³/mol. The van der Waals surface area contributed by atoms with Crippen molar-refractivity contribution in [3.8, 4) is 0 Å². The normalized spacial score (nSPS) is 13.7. The number of halogens is 1. The molecule has 1 aliphatic rings. The summed E-state index contributed by atoms with van der Waals surface area (Å²) in [4.78, 5) is 37.8. The maximum absolute atomic E-state index is 13.1. The van der Waals surface area contributed by atoms with E-state index in [4.69, 9.17) is 23.8 Å². The summed E-state index contributed by atoms with van der Waals surface area (Å²) in [7, 11) is 0. The van der Waals surface area contributed by atoms with Crippen LogP contribution in [-0.2, 0) is 0 Å². The van der Waals surface area contributed by atoms with Gasteiger partial charge in [-0.3, -0.25) is 25.0 Å². The first kappa shape index (κ1) is 22.8. The molecular formula is C20H16ClN5O5S2. The van der Waals surface area contributed by atoms with Crippen LogP contribution in [0.2, 0.25) is 5.02 Å². The number of thiocarbonyl (C=S) groups is 1. The number of piperazine rings is 1. The molecule has 0 aliphatic carbocycles. The molecule has 170 valence electrons. The number of nitro benzene ring substituents is 2. The molecule has 0 saturated carbocycles. The molecule has 2 heterocycles. The van der Waals surface area contributed by atoms with E-state index in [9.17, 15) is 25.0 Å². The first-order valence-corrected chi connectivity index (χ1v) is 11.3. The number of carbonyl (C=O) groups is 1. The number of carbonyl (C=O) groups excluding carboxylic acids is 1. The average molecular weight is 506 g/mol. The Labute approximate surface area is 201 Å². The van der Waals surface area contributed by atoms with Gasteiger partial charge in [0.15, 0.2) is 5.11 Å². The van der Waals surface area contributed by atoms with Crippen LogP contribution in [0.4, 0.5) is 17.1 Å². The van der Waals surface area contributed by atoms with Gasteiger partial charge in [0.1, 0.15) is 4.88 Å². The minimum atomic E-state index is -0.485. The Hall–Kier alpha value is -3.35. The SMILES string of the molecule is O=C(c1sc2cc([N+](=O)[O-])ccc2c1Cl)N1CCN(C(=S)Nc2ccc([N+](=O)[O-])cc2)CC1. The summed E-state index contributed by atoms with van der Waals surface area (Å²) in [5.41, 5.74) is 0.574. The molecule has 13 heteroatoms. The lowest BCUT2D eigenvalue weighted by molar-refractivity contribution is -0.385. The van der Waals surface area contributed by atoms with Crippen LogP contribution in [0.15, 0.2) is 42.5 Å². The quantitative estimate of drug-likeness (QED) is 0.312. The van der Waals surface area contributed by atoms with E-state index < -0.39 is 9.85 Å². The topological polar surface area (TPSA) is 122 Å². The number of nitrogens with zero attached hydrogens (tertiary/aromatic N) is 4. The van der Waals surface area contributed by atoms with Gasteiger partial charge in [0.25, 0.3) is 17.3 Å². The number of nitrogens with one attached hydrogen (secondary N) is 1. The van der Waals surface area contributed by atoms with Crippen molar-refractivity contribution in [2.45, 2.75) is 0 Å². The smallest absolute Gasteiger partial charge is 0.270 e. The average Bonchev–Trinajstić information content (AvgIpc) is 3.14. The van der Waals surface area contributed by atoms with Crippen molar-refractivity contribution in [1.82, 2.24) is 9.80 Å². The number of benzene rings is 2. The third kappa shape index (κ3) is 4.72. The fourth-order valence-corrected chi connectivity index (χ4v) is 5.24. The van der Waals surface area contributed by atoms with Crippen LogP contribution in [0, 0.1) is 20.2 Å². The van der Waals surface area contributed by atoms with Crippen LogP contribution in [0.3, 0.4) is 0 Å². The predicted octanol–water partition coefficient (Wildman–Crippen LogP) is 4.53. The molecule has 1 amide bonds. The molecule has 0 spiro atoms. The number of amides is 1. The Balaban J connectivity index is 1.39. The molecule has 1 fully saturated rings. The molecule has 0 radical (unpaired) electrons. The molecule has 0 unspecified atom stereocenters. The van der Waals surface area contributed by atoms with Gasteiger partial charge in [-0.05, 0) is 30.4 Å². The lowest BCUT2D eigenvalue weighted by Crippen LogP contribution is -2.51. The number of hydrogen-bond donors (Lipinski definition) is 1. The number of hydrogen-bond acceptors (Lipinski definition) is 7. The number of rotatable bonds is 4. The second-order valence-corrected chi connectivity index (χ2v) is 9.01. The van der Waals surface area contributed by atoms with Crippen molar-refractivity contribution in [3.63, 3.8) is 0 Å². The van der Waals surface area contributed by atoms with Crippen molar-refractivity contribution in [3.05, 3.63) is 72.6 Å². The van der Waals surface area contributed by atoms with Crippen LogP contribution in [0.25, 0.3) is 10.1 Å². The molecule has 3 aromatic rings. The number of fused-ring (bicyclic) bond motifs is 1. The fraction of sp³-hybridized carbons (Fsp3) is 0.200. The van der Waals surface area contributed by atoms with Crippen LogP contribution in [-0.4, -0.2) is 56.8 Å². The first-order chi connectivity index (χ1) is 15.7. The Kier molecular flexibility index (Phi) is 6.40. The summed E-state index contributed by atoms with van der Waals surface area (Å²) in [6.45, 7) is 1.84. The summed E-state index contributed by atoms with van der Waals surface area (Å²) in [6.07, 6.45) is 0. The maximum atomic E-state index is 13.1. The molecular weight excluding hydrogens is 490 g/mol. The van der Waals surface area contributed by atoms with Gasteiger partial charge in [0.2, 0.25) is 0 Å². The largest absolute Gasteiger partial charge is 0.345 e. The van der Waals surface area contributed by atoms with E-state index in [1.807, 2.05) is 4.90 Å². The van der Waals surface area contributed by atoms with Crippen LogP contribution in [0.1, 0.15) is 9.67 Å². The van der Waals surface area contributed by atoms with E-state index in [0.29, 0.717) is 57.0 Å². The zero-order chi connectivity index (χ0) is 23.7. The Morgan fingerprint density at radius 1 is 0.970 bits per heavy atom. The molecule has 0 bridgehead atoms. The Bertz CT molecular complexity index is 1270. The summed E-state index contributed by atoms with van der Waals surface area (Å²) < 4.78 is 0.588. The van der Waals surface area contributed by atoms with Crippen molar-refractivity contribution in [2.75, 3.05) is 31.5 Å². The molecule has 4 rings (SSSR count). The molecule has 33 heavy (non-hydrogen) atoms. The maximum Gasteiger partial charge on any atom is 0.270 e. The standard InChI is InChI=1S/C20H16ClN5O5S2/c21-17-15-6-5-14(26(30)31)11-16(15)33-18(17)19(27)23-7-9-24(10-8-23)20(32)22-12-1-3-13(4-2-12)25(28)29/h1-6,11H,7-10H2,(H,22,32). The molecule has 1 aromatic heterocycles. The van der Waals surface area contributed by atoms with E-state index in [1.54, 1.807) is 23.1 Å². The Morgan fingerprint density at radius 3 is 2.15 bits per heavy atom. The lowest BCUT2D eigenvalue weighted by atomic mass is 10.2. The van der Waals surface area contributed by atoms with Gasteiger partial charge in [0.05, 0.1) is 14.9 Å². The molecule has 1 N–H and O–H groups in total. The third-order valence-corrected chi connectivity index (χ3v) is 7.21. The van der Waals surface area contributed by atoms with Crippen molar-refractivity contribution in [2.24, 2.45) is 0 Å². The van der Waals surface area contributed by atoms with E-state index in [2.05, 4.69) is 5.32 Å². The molecule has 0 atom stereocenters. The van der Waals surface area contributed by atoms with Crippen LogP contribution in [0.5, 0.6) is 0 Å².